The largest absolute Gasteiger partial charge is 0.460 e. The highest BCUT2D eigenvalue weighted by Crippen LogP contribution is 2.46. The van der Waals surface area contributed by atoms with Crippen molar-refractivity contribution in [3.05, 3.63) is 41.2 Å². The predicted molar refractivity (Wildman–Crippen MR) is 73.3 cm³/mol. The van der Waals surface area contributed by atoms with Crippen LogP contribution in [-0.4, -0.2) is 18.4 Å². The summed E-state index contributed by atoms with van der Waals surface area (Å²) in [6, 6.07) is 5.96. The number of ketones is 1. The standard InChI is InChI=1S/C16H17FO3/c1-4-20-16(19)15(18)14-10(3)9(2)13(14)11-5-7-12(17)8-6-11/h5-10H,4H2,1-3H3. The summed E-state index contributed by atoms with van der Waals surface area (Å²) in [5, 5.41) is 0. The molecule has 1 aliphatic carbocycles. The van der Waals surface area contributed by atoms with Gasteiger partial charge in [-0.15, -0.1) is 0 Å². The monoisotopic (exact) mass is 276 g/mol. The number of ether oxygens (including phenoxy) is 1. The van der Waals surface area contributed by atoms with E-state index in [0.717, 1.165) is 11.1 Å². The lowest BCUT2D eigenvalue weighted by atomic mass is 9.66. The third-order valence-corrected chi connectivity index (χ3v) is 3.81. The molecule has 2 unspecified atom stereocenters. The van der Waals surface area contributed by atoms with Crippen molar-refractivity contribution in [2.24, 2.45) is 11.8 Å². The molecule has 0 saturated carbocycles. The van der Waals surface area contributed by atoms with E-state index >= 15 is 0 Å². The van der Waals surface area contributed by atoms with Crippen LogP contribution in [0, 0.1) is 17.7 Å². The second-order valence-electron chi connectivity index (χ2n) is 4.96. The highest BCUT2D eigenvalue weighted by molar-refractivity contribution is 6.42. The third kappa shape index (κ3) is 2.38. The molecule has 0 heterocycles. The van der Waals surface area contributed by atoms with Gasteiger partial charge >= 0.3 is 5.97 Å². The topological polar surface area (TPSA) is 43.4 Å². The minimum absolute atomic E-state index is 0.00644. The Hall–Kier alpha value is -1.97. The molecule has 0 fully saturated rings. The SMILES string of the molecule is CCOC(=O)C(=O)C1=C(c2ccc(F)cc2)C(C)C1C. The fourth-order valence-corrected chi connectivity index (χ4v) is 2.58. The van der Waals surface area contributed by atoms with Crippen molar-refractivity contribution in [1.29, 1.82) is 0 Å². The van der Waals surface area contributed by atoms with E-state index in [9.17, 15) is 14.0 Å². The van der Waals surface area contributed by atoms with Gasteiger partial charge in [-0.3, -0.25) is 4.79 Å². The fraction of sp³-hybridized carbons (Fsp3) is 0.375. The van der Waals surface area contributed by atoms with E-state index < -0.39 is 11.8 Å². The summed E-state index contributed by atoms with van der Waals surface area (Å²) < 4.78 is 17.7. The van der Waals surface area contributed by atoms with Gasteiger partial charge in [0, 0.05) is 5.57 Å². The molecular formula is C16H17FO3. The Labute approximate surface area is 117 Å². The van der Waals surface area contributed by atoms with E-state index in [1.54, 1.807) is 19.1 Å². The molecule has 0 amide bonds. The Morgan fingerprint density at radius 3 is 2.30 bits per heavy atom. The van der Waals surface area contributed by atoms with Crippen LogP contribution in [0.25, 0.3) is 5.57 Å². The minimum Gasteiger partial charge on any atom is -0.460 e. The Kier molecular flexibility index (Phi) is 4.02. The van der Waals surface area contributed by atoms with Gasteiger partial charge in [0.2, 0.25) is 0 Å². The van der Waals surface area contributed by atoms with Crippen LogP contribution in [0.15, 0.2) is 29.8 Å². The van der Waals surface area contributed by atoms with Crippen LogP contribution < -0.4 is 0 Å². The third-order valence-electron chi connectivity index (χ3n) is 3.81. The Morgan fingerprint density at radius 1 is 1.15 bits per heavy atom. The Balaban J connectivity index is 2.39. The van der Waals surface area contributed by atoms with Crippen LogP contribution in [0.3, 0.4) is 0 Å². The maximum atomic E-state index is 13.0. The van der Waals surface area contributed by atoms with E-state index in [1.807, 2.05) is 13.8 Å². The van der Waals surface area contributed by atoms with Crippen molar-refractivity contribution in [1.82, 2.24) is 0 Å². The van der Waals surface area contributed by atoms with Crippen LogP contribution in [0.1, 0.15) is 26.3 Å². The first-order valence-corrected chi connectivity index (χ1v) is 6.68. The molecular weight excluding hydrogens is 259 g/mol. The number of carbonyl (C=O) groups is 2. The lowest BCUT2D eigenvalue weighted by molar-refractivity contribution is -0.152. The fourth-order valence-electron chi connectivity index (χ4n) is 2.58. The maximum absolute atomic E-state index is 13.0. The number of allylic oxidation sites excluding steroid dienone is 1. The summed E-state index contributed by atoms with van der Waals surface area (Å²) in [6.45, 7) is 5.73. The first-order valence-electron chi connectivity index (χ1n) is 6.68. The van der Waals surface area contributed by atoms with Gasteiger partial charge in [-0.1, -0.05) is 26.0 Å². The van der Waals surface area contributed by atoms with Gasteiger partial charge in [-0.2, -0.15) is 0 Å². The average Bonchev–Trinajstić information content (AvgIpc) is 2.44. The van der Waals surface area contributed by atoms with Crippen LogP contribution >= 0.6 is 0 Å². The first-order chi connectivity index (χ1) is 9.47. The van der Waals surface area contributed by atoms with Crippen molar-refractivity contribution in [3.8, 4) is 0 Å². The summed E-state index contributed by atoms with van der Waals surface area (Å²) in [6.07, 6.45) is 0. The summed E-state index contributed by atoms with van der Waals surface area (Å²) >= 11 is 0. The lowest BCUT2D eigenvalue weighted by Crippen LogP contribution is -2.34. The average molecular weight is 276 g/mol. The normalized spacial score (nSPS) is 21.4. The van der Waals surface area contributed by atoms with Gasteiger partial charge in [0.05, 0.1) is 6.61 Å². The van der Waals surface area contributed by atoms with Crippen molar-refractivity contribution >= 4 is 17.3 Å². The number of rotatable bonds is 4. The van der Waals surface area contributed by atoms with Crippen molar-refractivity contribution in [2.75, 3.05) is 6.61 Å². The number of benzene rings is 1. The Morgan fingerprint density at radius 2 is 1.75 bits per heavy atom. The molecule has 4 heteroatoms. The van der Waals surface area contributed by atoms with Gasteiger partial charge in [0.1, 0.15) is 5.82 Å². The first kappa shape index (κ1) is 14.4. The van der Waals surface area contributed by atoms with E-state index in [1.165, 1.54) is 12.1 Å². The number of halogens is 1. The molecule has 3 nitrogen and oxygen atoms in total. The van der Waals surface area contributed by atoms with Gasteiger partial charge in [-0.05, 0) is 42.0 Å². The molecule has 0 saturated heterocycles. The molecule has 0 aliphatic heterocycles. The van der Waals surface area contributed by atoms with Crippen LogP contribution in [0.2, 0.25) is 0 Å². The second-order valence-corrected chi connectivity index (χ2v) is 4.96. The van der Waals surface area contributed by atoms with Crippen LogP contribution in [-0.2, 0) is 14.3 Å². The van der Waals surface area contributed by atoms with E-state index in [0.29, 0.717) is 5.57 Å². The molecule has 2 rings (SSSR count). The van der Waals surface area contributed by atoms with Gasteiger partial charge in [0.15, 0.2) is 0 Å². The van der Waals surface area contributed by atoms with Crippen molar-refractivity contribution < 1.29 is 18.7 Å². The molecule has 0 N–H and O–H groups in total. The summed E-state index contributed by atoms with van der Waals surface area (Å²) in [5.41, 5.74) is 2.09. The second kappa shape index (κ2) is 5.57. The molecule has 0 radical (unpaired) electrons. The number of hydrogen-bond acceptors (Lipinski definition) is 3. The molecule has 1 aliphatic rings. The summed E-state index contributed by atoms with van der Waals surface area (Å²) in [4.78, 5) is 23.7. The lowest BCUT2D eigenvalue weighted by Gasteiger charge is -2.37. The molecule has 0 bridgehead atoms. The zero-order valence-corrected chi connectivity index (χ0v) is 11.8. The molecule has 20 heavy (non-hydrogen) atoms. The van der Waals surface area contributed by atoms with Crippen molar-refractivity contribution in [2.45, 2.75) is 20.8 Å². The van der Waals surface area contributed by atoms with Crippen molar-refractivity contribution in [3.63, 3.8) is 0 Å². The maximum Gasteiger partial charge on any atom is 0.379 e. The number of Topliss-reactive ketones (excluding diaryl/α,β-unsaturated/α-hetero) is 1. The molecule has 1 aromatic rings. The number of esters is 1. The molecule has 2 atom stereocenters. The zero-order chi connectivity index (χ0) is 14.9. The van der Waals surface area contributed by atoms with Crippen LogP contribution in [0.5, 0.6) is 0 Å². The predicted octanol–water partition coefficient (Wildman–Crippen LogP) is 3.00. The molecule has 106 valence electrons. The summed E-state index contributed by atoms with van der Waals surface area (Å²) in [7, 11) is 0. The smallest absolute Gasteiger partial charge is 0.379 e. The highest BCUT2D eigenvalue weighted by Gasteiger charge is 2.41. The molecule has 0 aromatic heterocycles. The van der Waals surface area contributed by atoms with Crippen LogP contribution in [0.4, 0.5) is 4.39 Å². The van der Waals surface area contributed by atoms with E-state index in [4.69, 9.17) is 4.74 Å². The Bertz CT molecular complexity index is 572. The quantitative estimate of drug-likeness (QED) is 0.627. The molecule has 0 spiro atoms. The zero-order valence-electron chi connectivity index (χ0n) is 11.8. The van der Waals surface area contributed by atoms with E-state index in [-0.39, 0.29) is 24.3 Å². The number of carbonyl (C=O) groups excluding carboxylic acids is 2. The van der Waals surface area contributed by atoms with Gasteiger partial charge < -0.3 is 4.74 Å². The number of hydrogen-bond donors (Lipinski definition) is 0. The highest BCUT2D eigenvalue weighted by atomic mass is 19.1. The minimum atomic E-state index is -0.819. The molecule has 1 aromatic carbocycles. The van der Waals surface area contributed by atoms with Gasteiger partial charge in [-0.25, -0.2) is 9.18 Å². The van der Waals surface area contributed by atoms with E-state index in [2.05, 4.69) is 0 Å². The van der Waals surface area contributed by atoms with Gasteiger partial charge in [0.25, 0.3) is 5.78 Å². The summed E-state index contributed by atoms with van der Waals surface area (Å²) in [5.74, 6) is -1.56.